The summed E-state index contributed by atoms with van der Waals surface area (Å²) in [6.07, 6.45) is 2.16. The third-order valence-corrected chi connectivity index (χ3v) is 6.75. The molecule has 0 aromatic heterocycles. The Hall–Kier alpha value is -3.35. The van der Waals surface area contributed by atoms with E-state index in [0.29, 0.717) is 32.7 Å². The fraction of sp³-hybridized carbons (Fsp3) is 0.444. The number of benzene rings is 2. The number of carbonyl (C=O) groups excluding carboxylic acids is 3. The molecule has 2 aromatic rings. The van der Waals surface area contributed by atoms with Crippen LogP contribution in [-0.2, 0) is 16.1 Å². The lowest BCUT2D eigenvalue weighted by molar-refractivity contribution is -0.137. The molecule has 34 heavy (non-hydrogen) atoms. The topological polar surface area (TPSA) is 81.8 Å². The van der Waals surface area contributed by atoms with E-state index in [1.165, 1.54) is 5.56 Å². The molecule has 2 aromatic carbocycles. The molecule has 2 N–H and O–H groups in total. The van der Waals surface area contributed by atoms with E-state index in [1.54, 1.807) is 4.90 Å². The van der Waals surface area contributed by atoms with Gasteiger partial charge in [0.25, 0.3) is 0 Å². The standard InChI is InChI=1S/C27H34N4O3/c1-19-5-9-21(10-6-19)16-31-18-23(14-25(31)32)26(33)30-13-3-4-22(17-30)15-28-27(34)29-24-11-7-20(2)8-12-24/h5-12,22-23H,3-4,13-18H2,1-2H3,(H2,28,29,34). The summed E-state index contributed by atoms with van der Waals surface area (Å²) in [5.41, 5.74) is 4.16. The average molecular weight is 463 g/mol. The van der Waals surface area contributed by atoms with Gasteiger partial charge in [0.1, 0.15) is 0 Å². The van der Waals surface area contributed by atoms with Crippen molar-refractivity contribution in [1.29, 1.82) is 0 Å². The number of hydrogen-bond donors (Lipinski definition) is 2. The van der Waals surface area contributed by atoms with Gasteiger partial charge in [-0.2, -0.15) is 0 Å². The van der Waals surface area contributed by atoms with Crippen molar-refractivity contribution in [3.63, 3.8) is 0 Å². The van der Waals surface area contributed by atoms with Crippen LogP contribution in [-0.4, -0.2) is 53.8 Å². The quantitative estimate of drug-likeness (QED) is 0.687. The Morgan fingerprint density at radius 2 is 1.65 bits per heavy atom. The molecule has 2 fully saturated rings. The van der Waals surface area contributed by atoms with Crippen molar-refractivity contribution in [1.82, 2.24) is 15.1 Å². The molecular weight excluding hydrogens is 428 g/mol. The summed E-state index contributed by atoms with van der Waals surface area (Å²) in [5, 5.41) is 5.79. The summed E-state index contributed by atoms with van der Waals surface area (Å²) >= 11 is 0. The molecule has 2 atom stereocenters. The highest BCUT2D eigenvalue weighted by molar-refractivity contribution is 5.90. The lowest BCUT2D eigenvalue weighted by Gasteiger charge is -2.34. The Morgan fingerprint density at radius 3 is 2.35 bits per heavy atom. The number of urea groups is 1. The number of nitrogens with zero attached hydrogens (tertiary/aromatic N) is 2. The molecule has 2 heterocycles. The molecule has 0 aliphatic carbocycles. The molecule has 2 saturated heterocycles. The predicted octanol–water partition coefficient (Wildman–Crippen LogP) is 3.71. The minimum atomic E-state index is -0.283. The van der Waals surface area contributed by atoms with Crippen LogP contribution in [0.4, 0.5) is 10.5 Å². The minimum absolute atomic E-state index is 0.0435. The van der Waals surface area contributed by atoms with Gasteiger partial charge in [0, 0.05) is 44.8 Å². The zero-order valence-corrected chi connectivity index (χ0v) is 20.0. The molecule has 0 saturated carbocycles. The number of anilines is 1. The van der Waals surface area contributed by atoms with Crippen molar-refractivity contribution in [2.75, 3.05) is 31.5 Å². The summed E-state index contributed by atoms with van der Waals surface area (Å²) in [4.78, 5) is 41.7. The van der Waals surface area contributed by atoms with Crippen molar-refractivity contribution in [2.24, 2.45) is 11.8 Å². The van der Waals surface area contributed by atoms with Gasteiger partial charge in [-0.15, -0.1) is 0 Å². The number of rotatable bonds is 6. The van der Waals surface area contributed by atoms with Crippen molar-refractivity contribution < 1.29 is 14.4 Å². The van der Waals surface area contributed by atoms with E-state index in [0.717, 1.165) is 29.7 Å². The van der Waals surface area contributed by atoms with Gasteiger partial charge in [-0.25, -0.2) is 4.79 Å². The van der Waals surface area contributed by atoms with E-state index in [9.17, 15) is 14.4 Å². The van der Waals surface area contributed by atoms with Crippen molar-refractivity contribution >= 4 is 23.5 Å². The first-order chi connectivity index (χ1) is 16.4. The SMILES string of the molecule is Cc1ccc(CN2CC(C(=O)N3CCCC(CNC(=O)Nc4ccc(C)cc4)C3)CC2=O)cc1. The van der Waals surface area contributed by atoms with Crippen LogP contribution in [0.25, 0.3) is 0 Å². The van der Waals surface area contributed by atoms with Gasteiger partial charge in [0.2, 0.25) is 11.8 Å². The monoisotopic (exact) mass is 462 g/mol. The Morgan fingerprint density at radius 1 is 0.971 bits per heavy atom. The van der Waals surface area contributed by atoms with Crippen molar-refractivity contribution in [2.45, 2.75) is 39.7 Å². The third kappa shape index (κ3) is 6.16. The van der Waals surface area contributed by atoms with Gasteiger partial charge in [0.15, 0.2) is 0 Å². The second-order valence-corrected chi connectivity index (χ2v) is 9.65. The molecule has 0 spiro atoms. The largest absolute Gasteiger partial charge is 0.342 e. The molecule has 7 nitrogen and oxygen atoms in total. The van der Waals surface area contributed by atoms with Gasteiger partial charge in [-0.05, 0) is 50.3 Å². The molecule has 0 bridgehead atoms. The summed E-state index contributed by atoms with van der Waals surface area (Å²) in [6.45, 7) is 6.92. The minimum Gasteiger partial charge on any atom is -0.342 e. The van der Waals surface area contributed by atoms with Gasteiger partial charge >= 0.3 is 6.03 Å². The number of likely N-dealkylation sites (tertiary alicyclic amines) is 2. The van der Waals surface area contributed by atoms with Crippen LogP contribution in [0.2, 0.25) is 0 Å². The van der Waals surface area contributed by atoms with E-state index in [-0.39, 0.29) is 36.1 Å². The third-order valence-electron chi connectivity index (χ3n) is 6.75. The van der Waals surface area contributed by atoms with Gasteiger partial charge in [-0.3, -0.25) is 9.59 Å². The fourth-order valence-corrected chi connectivity index (χ4v) is 4.74. The summed E-state index contributed by atoms with van der Waals surface area (Å²) < 4.78 is 0. The molecule has 7 heteroatoms. The van der Waals surface area contributed by atoms with Crippen LogP contribution in [0.1, 0.15) is 36.0 Å². The number of nitrogens with one attached hydrogen (secondary N) is 2. The van der Waals surface area contributed by atoms with Gasteiger partial charge in [-0.1, -0.05) is 47.5 Å². The number of amides is 4. The Balaban J connectivity index is 1.25. The fourth-order valence-electron chi connectivity index (χ4n) is 4.74. The summed E-state index contributed by atoms with van der Waals surface area (Å²) in [6, 6.07) is 15.6. The summed E-state index contributed by atoms with van der Waals surface area (Å²) in [5.74, 6) is 0.0345. The Kier molecular flexibility index (Phi) is 7.50. The Labute approximate surface area is 201 Å². The maximum Gasteiger partial charge on any atom is 0.319 e. The molecule has 4 amide bonds. The summed E-state index contributed by atoms with van der Waals surface area (Å²) in [7, 11) is 0. The normalized spacial score (nSPS) is 20.4. The number of carbonyl (C=O) groups is 3. The van der Waals surface area contributed by atoms with E-state index in [4.69, 9.17) is 0 Å². The maximum atomic E-state index is 13.2. The lowest BCUT2D eigenvalue weighted by Crippen LogP contribution is -2.46. The van der Waals surface area contributed by atoms with Gasteiger partial charge < -0.3 is 20.4 Å². The zero-order chi connectivity index (χ0) is 24.1. The van der Waals surface area contributed by atoms with Crippen LogP contribution < -0.4 is 10.6 Å². The highest BCUT2D eigenvalue weighted by Crippen LogP contribution is 2.25. The lowest BCUT2D eigenvalue weighted by atomic mass is 9.96. The molecule has 0 radical (unpaired) electrons. The predicted molar refractivity (Wildman–Crippen MR) is 132 cm³/mol. The van der Waals surface area contributed by atoms with Crippen LogP contribution >= 0.6 is 0 Å². The van der Waals surface area contributed by atoms with E-state index in [1.807, 2.05) is 67.3 Å². The van der Waals surface area contributed by atoms with E-state index in [2.05, 4.69) is 10.6 Å². The zero-order valence-electron chi connectivity index (χ0n) is 20.0. The molecule has 180 valence electrons. The van der Waals surface area contributed by atoms with Crippen molar-refractivity contribution in [3.8, 4) is 0 Å². The maximum absolute atomic E-state index is 13.2. The molecule has 2 unspecified atom stereocenters. The Bertz CT molecular complexity index is 1020. The molecule has 4 rings (SSSR count). The highest BCUT2D eigenvalue weighted by atomic mass is 16.2. The van der Waals surface area contributed by atoms with Gasteiger partial charge in [0.05, 0.1) is 5.92 Å². The first-order valence-corrected chi connectivity index (χ1v) is 12.1. The number of hydrogen-bond acceptors (Lipinski definition) is 3. The first-order valence-electron chi connectivity index (χ1n) is 12.1. The van der Waals surface area contributed by atoms with Crippen LogP contribution in [0.3, 0.4) is 0 Å². The second kappa shape index (κ2) is 10.7. The second-order valence-electron chi connectivity index (χ2n) is 9.65. The van der Waals surface area contributed by atoms with Crippen LogP contribution in [0, 0.1) is 25.7 Å². The molecule has 2 aliphatic heterocycles. The van der Waals surface area contributed by atoms with Crippen LogP contribution in [0.5, 0.6) is 0 Å². The smallest absolute Gasteiger partial charge is 0.319 e. The van der Waals surface area contributed by atoms with E-state index >= 15 is 0 Å². The average Bonchev–Trinajstić information content (AvgIpc) is 3.20. The highest BCUT2D eigenvalue weighted by Gasteiger charge is 2.37. The first kappa shape index (κ1) is 23.8. The van der Waals surface area contributed by atoms with E-state index < -0.39 is 0 Å². The molecule has 2 aliphatic rings. The number of piperidine rings is 1. The number of aryl methyl sites for hydroxylation is 2. The van der Waals surface area contributed by atoms with Crippen LogP contribution in [0.15, 0.2) is 48.5 Å². The molecular formula is C27H34N4O3. The van der Waals surface area contributed by atoms with Crippen molar-refractivity contribution in [3.05, 3.63) is 65.2 Å².